The van der Waals surface area contributed by atoms with E-state index in [1.165, 1.54) is 12.2 Å². The largest absolute Gasteiger partial charge is 0.354 e. The van der Waals surface area contributed by atoms with E-state index in [4.69, 9.17) is 0 Å². The van der Waals surface area contributed by atoms with Gasteiger partial charge in [0.1, 0.15) is 0 Å². The summed E-state index contributed by atoms with van der Waals surface area (Å²) in [6.07, 6.45) is 6.42. The van der Waals surface area contributed by atoms with E-state index in [-0.39, 0.29) is 48.9 Å². The second kappa shape index (κ2) is 8.47. The molecular weight excluding hydrogens is 312 g/mol. The normalized spacial score (nSPS) is 22.7. The van der Waals surface area contributed by atoms with Gasteiger partial charge in [0.15, 0.2) is 0 Å². The highest BCUT2D eigenvalue weighted by Gasteiger charge is 2.26. The first kappa shape index (κ1) is 18.0. The molecule has 3 N–H and O–H groups in total. The SMILES string of the molecule is C[C@@H]1NC(=O)N[C@@H]1CCCCCC(=O)NCCN1C(=O)C=CC1=O. The molecule has 2 atom stereocenters. The number of unbranched alkanes of at least 4 members (excludes halogenated alkanes) is 2. The minimum absolute atomic E-state index is 0.0775. The first-order chi connectivity index (χ1) is 11.5. The molecule has 0 aromatic heterocycles. The molecular formula is C16H24N4O4. The third-order valence-corrected chi connectivity index (χ3v) is 4.26. The van der Waals surface area contributed by atoms with Gasteiger partial charge < -0.3 is 16.0 Å². The Labute approximate surface area is 141 Å². The quantitative estimate of drug-likeness (QED) is 0.408. The lowest BCUT2D eigenvalue weighted by atomic mass is 10.0. The van der Waals surface area contributed by atoms with Crippen molar-refractivity contribution in [2.24, 2.45) is 0 Å². The Morgan fingerprint density at radius 2 is 1.83 bits per heavy atom. The third kappa shape index (κ3) is 5.07. The Morgan fingerprint density at radius 3 is 2.46 bits per heavy atom. The number of hydrogen-bond acceptors (Lipinski definition) is 4. The van der Waals surface area contributed by atoms with E-state index in [1.54, 1.807) is 0 Å². The Hall–Kier alpha value is -2.38. The molecule has 132 valence electrons. The molecule has 2 rings (SSSR count). The zero-order valence-electron chi connectivity index (χ0n) is 13.8. The molecule has 24 heavy (non-hydrogen) atoms. The van der Waals surface area contributed by atoms with Crippen LogP contribution in [0.1, 0.15) is 39.0 Å². The van der Waals surface area contributed by atoms with Crippen LogP contribution in [0.25, 0.3) is 0 Å². The zero-order chi connectivity index (χ0) is 17.5. The van der Waals surface area contributed by atoms with Gasteiger partial charge in [-0.15, -0.1) is 0 Å². The number of nitrogens with one attached hydrogen (secondary N) is 3. The van der Waals surface area contributed by atoms with E-state index in [2.05, 4.69) is 16.0 Å². The number of urea groups is 1. The molecule has 0 unspecified atom stereocenters. The number of carbonyl (C=O) groups is 4. The van der Waals surface area contributed by atoms with Crippen molar-refractivity contribution in [2.75, 3.05) is 13.1 Å². The van der Waals surface area contributed by atoms with Gasteiger partial charge in [-0.3, -0.25) is 19.3 Å². The van der Waals surface area contributed by atoms with Crippen LogP contribution in [0.3, 0.4) is 0 Å². The number of amides is 5. The molecule has 5 amide bonds. The van der Waals surface area contributed by atoms with E-state index in [9.17, 15) is 19.2 Å². The molecule has 1 fully saturated rings. The molecule has 0 bridgehead atoms. The Kier molecular flexibility index (Phi) is 6.34. The van der Waals surface area contributed by atoms with Gasteiger partial charge in [0.05, 0.1) is 6.04 Å². The first-order valence-corrected chi connectivity index (χ1v) is 8.34. The van der Waals surface area contributed by atoms with E-state index >= 15 is 0 Å². The van der Waals surface area contributed by atoms with Gasteiger partial charge in [-0.05, 0) is 19.8 Å². The molecule has 0 aromatic carbocycles. The van der Waals surface area contributed by atoms with Crippen LogP contribution in [0.15, 0.2) is 12.2 Å². The molecule has 0 spiro atoms. The lowest BCUT2D eigenvalue weighted by Crippen LogP contribution is -2.38. The van der Waals surface area contributed by atoms with Crippen LogP contribution >= 0.6 is 0 Å². The van der Waals surface area contributed by atoms with Crippen molar-refractivity contribution in [2.45, 2.75) is 51.1 Å². The molecule has 1 saturated heterocycles. The Bertz CT molecular complexity index is 528. The van der Waals surface area contributed by atoms with Gasteiger partial charge in [0.25, 0.3) is 11.8 Å². The summed E-state index contributed by atoms with van der Waals surface area (Å²) in [5, 5.41) is 8.39. The van der Waals surface area contributed by atoms with Crippen molar-refractivity contribution in [1.82, 2.24) is 20.9 Å². The van der Waals surface area contributed by atoms with E-state index in [1.807, 2.05) is 6.92 Å². The molecule has 8 heteroatoms. The molecule has 2 heterocycles. The van der Waals surface area contributed by atoms with Crippen LogP contribution in [-0.2, 0) is 14.4 Å². The molecule has 0 saturated carbocycles. The van der Waals surface area contributed by atoms with Crippen molar-refractivity contribution < 1.29 is 19.2 Å². The van der Waals surface area contributed by atoms with E-state index in [0.29, 0.717) is 6.42 Å². The maximum atomic E-state index is 11.7. The second-order valence-electron chi connectivity index (χ2n) is 6.12. The standard InChI is InChI=1S/C16H24N4O4/c1-11-12(19-16(24)18-11)5-3-2-4-6-13(21)17-9-10-20-14(22)7-8-15(20)23/h7-8,11-12H,2-6,9-10H2,1H3,(H,17,21)(H2,18,19,24)/t11-,12+/m0/s1. The van der Waals surface area contributed by atoms with Gasteiger partial charge >= 0.3 is 6.03 Å². The summed E-state index contributed by atoms with van der Waals surface area (Å²) in [6, 6.07) is 0.193. The maximum Gasteiger partial charge on any atom is 0.315 e. The number of rotatable bonds is 9. The fourth-order valence-electron chi connectivity index (χ4n) is 2.84. The van der Waals surface area contributed by atoms with Crippen LogP contribution in [0.4, 0.5) is 4.79 Å². The maximum absolute atomic E-state index is 11.7. The Balaban J connectivity index is 1.49. The predicted molar refractivity (Wildman–Crippen MR) is 86.9 cm³/mol. The topological polar surface area (TPSA) is 108 Å². The molecule has 0 aliphatic carbocycles. The van der Waals surface area contributed by atoms with Crippen molar-refractivity contribution in [3.8, 4) is 0 Å². The number of hydrogen-bond donors (Lipinski definition) is 3. The monoisotopic (exact) mass is 336 g/mol. The summed E-state index contributed by atoms with van der Waals surface area (Å²) < 4.78 is 0. The van der Waals surface area contributed by atoms with Crippen LogP contribution in [0.5, 0.6) is 0 Å². The van der Waals surface area contributed by atoms with Crippen molar-refractivity contribution in [3.63, 3.8) is 0 Å². The fraction of sp³-hybridized carbons (Fsp3) is 0.625. The summed E-state index contributed by atoms with van der Waals surface area (Å²) in [5.41, 5.74) is 0. The molecule has 2 aliphatic rings. The minimum atomic E-state index is -0.336. The molecule has 0 aromatic rings. The zero-order valence-corrected chi connectivity index (χ0v) is 13.8. The summed E-state index contributed by atoms with van der Waals surface area (Å²) >= 11 is 0. The van der Waals surface area contributed by atoms with Crippen molar-refractivity contribution in [1.29, 1.82) is 0 Å². The van der Waals surface area contributed by atoms with Crippen molar-refractivity contribution >= 4 is 23.8 Å². The smallest absolute Gasteiger partial charge is 0.315 e. The third-order valence-electron chi connectivity index (χ3n) is 4.26. The van der Waals surface area contributed by atoms with Crippen LogP contribution < -0.4 is 16.0 Å². The highest BCUT2D eigenvalue weighted by Crippen LogP contribution is 2.11. The lowest BCUT2D eigenvalue weighted by Gasteiger charge is -2.14. The number of carbonyl (C=O) groups excluding carboxylic acids is 4. The van der Waals surface area contributed by atoms with Crippen LogP contribution in [0, 0.1) is 0 Å². The van der Waals surface area contributed by atoms with Crippen LogP contribution in [0.2, 0.25) is 0 Å². The fourth-order valence-corrected chi connectivity index (χ4v) is 2.84. The second-order valence-corrected chi connectivity index (χ2v) is 6.12. The van der Waals surface area contributed by atoms with Gasteiger partial charge in [-0.25, -0.2) is 4.79 Å². The minimum Gasteiger partial charge on any atom is -0.354 e. The van der Waals surface area contributed by atoms with Gasteiger partial charge in [-0.1, -0.05) is 12.8 Å². The molecule has 2 aliphatic heterocycles. The van der Waals surface area contributed by atoms with Crippen molar-refractivity contribution in [3.05, 3.63) is 12.2 Å². The summed E-state index contributed by atoms with van der Waals surface area (Å²) in [6.45, 7) is 2.44. The van der Waals surface area contributed by atoms with Gasteiger partial charge in [-0.2, -0.15) is 0 Å². The highest BCUT2D eigenvalue weighted by molar-refractivity contribution is 6.12. The Morgan fingerprint density at radius 1 is 1.12 bits per heavy atom. The summed E-state index contributed by atoms with van der Waals surface area (Å²) in [5.74, 6) is -0.750. The molecule has 0 radical (unpaired) electrons. The summed E-state index contributed by atoms with van der Waals surface area (Å²) in [4.78, 5) is 46.6. The van der Waals surface area contributed by atoms with Crippen LogP contribution in [-0.4, -0.2) is 53.8 Å². The first-order valence-electron chi connectivity index (χ1n) is 8.34. The van der Waals surface area contributed by atoms with E-state index in [0.717, 1.165) is 30.6 Å². The number of imide groups is 1. The van der Waals surface area contributed by atoms with E-state index < -0.39 is 0 Å². The predicted octanol–water partition coefficient (Wildman–Crippen LogP) is 0.0480. The van der Waals surface area contributed by atoms with Gasteiger partial charge in [0, 0.05) is 37.7 Å². The molecule has 8 nitrogen and oxygen atoms in total. The van der Waals surface area contributed by atoms with Gasteiger partial charge in [0.2, 0.25) is 5.91 Å². The lowest BCUT2D eigenvalue weighted by molar-refractivity contribution is -0.137. The highest BCUT2D eigenvalue weighted by atomic mass is 16.2. The summed E-state index contributed by atoms with van der Waals surface area (Å²) in [7, 11) is 0. The number of nitrogens with zero attached hydrogens (tertiary/aromatic N) is 1. The average molecular weight is 336 g/mol. The average Bonchev–Trinajstić information content (AvgIpc) is 3.02.